The van der Waals surface area contributed by atoms with Gasteiger partial charge in [-0.1, -0.05) is 32.1 Å². The molecular formula is C38H35N3O6S. The van der Waals surface area contributed by atoms with Gasteiger partial charge in [0.2, 0.25) is 0 Å². The summed E-state index contributed by atoms with van der Waals surface area (Å²) in [4.78, 5) is 77.6. The number of rotatable bonds is 7. The first-order valence-electron chi connectivity index (χ1n) is 16.8. The molecule has 0 atom stereocenters. The largest absolute Gasteiger partial charge is 0.493 e. The van der Waals surface area contributed by atoms with Gasteiger partial charge in [-0.3, -0.25) is 24.0 Å². The molecule has 9 nitrogen and oxygen atoms in total. The summed E-state index contributed by atoms with van der Waals surface area (Å²) in [5.74, 6) is -2.12. The lowest BCUT2D eigenvalue weighted by Gasteiger charge is -2.24. The second-order valence-electron chi connectivity index (χ2n) is 13.4. The Labute approximate surface area is 281 Å². The number of anilines is 1. The highest BCUT2D eigenvalue weighted by atomic mass is 32.2. The summed E-state index contributed by atoms with van der Waals surface area (Å²) in [5.41, 5.74) is 1.63. The molecular weight excluding hydrogens is 627 g/mol. The predicted octanol–water partition coefficient (Wildman–Crippen LogP) is 7.23. The van der Waals surface area contributed by atoms with Gasteiger partial charge >= 0.3 is 0 Å². The van der Waals surface area contributed by atoms with Gasteiger partial charge in [0.25, 0.3) is 17.4 Å². The molecule has 1 N–H and O–H groups in total. The van der Waals surface area contributed by atoms with Crippen molar-refractivity contribution in [3.63, 3.8) is 0 Å². The molecule has 0 unspecified atom stereocenters. The molecule has 0 saturated heterocycles. The summed E-state index contributed by atoms with van der Waals surface area (Å²) in [6, 6.07) is 13.6. The lowest BCUT2D eigenvalue weighted by Crippen LogP contribution is -2.30. The van der Waals surface area contributed by atoms with Gasteiger partial charge in [0.05, 0.1) is 34.3 Å². The van der Waals surface area contributed by atoms with Crippen molar-refractivity contribution in [1.29, 1.82) is 0 Å². The molecule has 2 saturated carbocycles. The van der Waals surface area contributed by atoms with E-state index in [0.717, 1.165) is 41.9 Å². The number of carbonyl (C=O) groups is 4. The molecule has 1 aliphatic heterocycles. The zero-order valence-electron chi connectivity index (χ0n) is 26.7. The molecule has 244 valence electrons. The lowest BCUT2D eigenvalue weighted by atomic mass is 9.90. The maximum absolute atomic E-state index is 14.0. The number of benzene rings is 3. The number of nitrogens with zero attached hydrogens (tertiary/aromatic N) is 2. The van der Waals surface area contributed by atoms with Crippen molar-refractivity contribution in [2.45, 2.75) is 74.5 Å². The molecule has 3 aromatic carbocycles. The number of amides is 2. The van der Waals surface area contributed by atoms with Gasteiger partial charge in [0.15, 0.2) is 11.6 Å². The average molecular weight is 662 g/mol. The molecule has 1 aromatic heterocycles. The first-order valence-corrected chi connectivity index (χ1v) is 18.0. The van der Waals surface area contributed by atoms with E-state index in [1.165, 1.54) is 60.9 Å². The second-order valence-corrected chi connectivity index (χ2v) is 14.3. The topological polar surface area (TPSA) is 126 Å². The van der Waals surface area contributed by atoms with E-state index in [4.69, 9.17) is 4.74 Å². The van der Waals surface area contributed by atoms with Crippen LogP contribution in [0, 0.1) is 5.92 Å². The third kappa shape index (κ3) is 5.08. The molecule has 8 rings (SSSR count). The lowest BCUT2D eigenvalue weighted by molar-refractivity contribution is 0.0882. The number of hydrogen-bond donors (Lipinski definition) is 1. The number of imide groups is 1. The Bertz CT molecular complexity index is 2040. The summed E-state index contributed by atoms with van der Waals surface area (Å²) >= 11 is 1.48. The molecule has 4 aromatic rings. The number of hydrogen-bond acceptors (Lipinski definition) is 8. The molecule has 10 heteroatoms. The quantitative estimate of drug-likeness (QED) is 0.125. The predicted molar refractivity (Wildman–Crippen MR) is 183 cm³/mol. The Morgan fingerprint density at radius 1 is 0.792 bits per heavy atom. The van der Waals surface area contributed by atoms with Crippen LogP contribution >= 0.6 is 11.8 Å². The number of carbonyl (C=O) groups excluding carboxylic acids is 4. The summed E-state index contributed by atoms with van der Waals surface area (Å²) in [5, 5.41) is 0.358. The van der Waals surface area contributed by atoms with Crippen molar-refractivity contribution < 1.29 is 23.9 Å². The molecule has 2 amide bonds. The van der Waals surface area contributed by atoms with Crippen LogP contribution in [-0.2, 0) is 0 Å². The minimum Gasteiger partial charge on any atom is -0.493 e. The fourth-order valence-corrected chi connectivity index (χ4v) is 8.39. The maximum atomic E-state index is 14.0. The van der Waals surface area contributed by atoms with Crippen molar-refractivity contribution in [1.82, 2.24) is 9.97 Å². The van der Waals surface area contributed by atoms with Gasteiger partial charge in [-0.25, -0.2) is 9.88 Å². The third-order valence-electron chi connectivity index (χ3n) is 10.5. The van der Waals surface area contributed by atoms with Crippen LogP contribution in [0.5, 0.6) is 5.75 Å². The van der Waals surface area contributed by atoms with Gasteiger partial charge in [-0.2, -0.15) is 0 Å². The fraction of sp³-hybridized carbons (Fsp3) is 0.368. The van der Waals surface area contributed by atoms with Gasteiger partial charge < -0.3 is 9.72 Å². The highest BCUT2D eigenvalue weighted by molar-refractivity contribution is 7.98. The highest BCUT2D eigenvalue weighted by Gasteiger charge is 2.46. The smallest absolute Gasteiger partial charge is 0.266 e. The Morgan fingerprint density at radius 3 is 2.12 bits per heavy atom. The van der Waals surface area contributed by atoms with Crippen LogP contribution in [0.3, 0.4) is 0 Å². The van der Waals surface area contributed by atoms with Gasteiger partial charge in [0, 0.05) is 16.0 Å². The second kappa shape index (κ2) is 12.1. The molecule has 3 aliphatic carbocycles. The van der Waals surface area contributed by atoms with E-state index in [-0.39, 0.29) is 34.0 Å². The standard InChI is InChI=1S/C38H35N3O6S/c1-48-23-12-13-30-29(16-23)36(44)40-35(39-30)32-33(42)25-17-27-28(18-26(25)34(32)43)38(46)41(37(27)45)31-14-11-22(15-24(31)21-9-5-6-10-21)47-19-20-7-3-2-4-8-20/h11-18,20-21,32H,2-10,19H2,1H3,(H,39,40,44). The number of aromatic nitrogens is 2. The Balaban J connectivity index is 1.11. The Kier molecular flexibility index (Phi) is 7.78. The van der Waals surface area contributed by atoms with E-state index in [0.29, 0.717) is 29.1 Å². The highest BCUT2D eigenvalue weighted by Crippen LogP contribution is 2.44. The van der Waals surface area contributed by atoms with Crippen molar-refractivity contribution in [2.24, 2.45) is 5.92 Å². The molecule has 0 radical (unpaired) electrons. The molecule has 0 bridgehead atoms. The van der Waals surface area contributed by atoms with Crippen LogP contribution in [0.2, 0.25) is 0 Å². The summed E-state index contributed by atoms with van der Waals surface area (Å²) in [6.07, 6.45) is 12.1. The number of nitrogens with one attached hydrogen (secondary N) is 1. The number of ether oxygens (including phenoxy) is 1. The van der Waals surface area contributed by atoms with Crippen LogP contribution in [0.1, 0.15) is 122 Å². The summed E-state index contributed by atoms with van der Waals surface area (Å²) < 4.78 is 6.25. The van der Waals surface area contributed by atoms with Gasteiger partial charge in [0.1, 0.15) is 17.5 Å². The Hall–Kier alpha value is -4.57. The minimum atomic E-state index is -1.36. The third-order valence-corrected chi connectivity index (χ3v) is 11.3. The van der Waals surface area contributed by atoms with Crippen molar-refractivity contribution in [2.75, 3.05) is 17.8 Å². The van der Waals surface area contributed by atoms with Crippen LogP contribution in [0.15, 0.2) is 58.2 Å². The fourth-order valence-electron chi connectivity index (χ4n) is 7.95. The molecule has 2 fully saturated rings. The van der Waals surface area contributed by atoms with Crippen LogP contribution in [-0.4, -0.2) is 46.2 Å². The monoisotopic (exact) mass is 661 g/mol. The minimum absolute atomic E-state index is 0.0507. The zero-order valence-corrected chi connectivity index (χ0v) is 27.5. The summed E-state index contributed by atoms with van der Waals surface area (Å²) in [6.45, 7) is 0.659. The average Bonchev–Trinajstić information content (AvgIpc) is 3.79. The number of Topliss-reactive ketones (excluding diaryl/α,β-unsaturated/α-hetero) is 2. The van der Waals surface area contributed by atoms with E-state index in [9.17, 15) is 24.0 Å². The number of H-pyrrole nitrogens is 1. The van der Waals surface area contributed by atoms with Crippen molar-refractivity contribution >= 4 is 51.7 Å². The van der Waals surface area contributed by atoms with E-state index in [1.54, 1.807) is 18.2 Å². The van der Waals surface area contributed by atoms with Crippen LogP contribution in [0.25, 0.3) is 10.9 Å². The number of aromatic amines is 1. The molecule has 2 heterocycles. The molecule has 4 aliphatic rings. The normalized spacial score (nSPS) is 18.7. The van der Waals surface area contributed by atoms with Crippen molar-refractivity contribution in [3.05, 3.63) is 92.5 Å². The zero-order chi connectivity index (χ0) is 33.1. The first kappa shape index (κ1) is 30.7. The maximum Gasteiger partial charge on any atom is 0.266 e. The SMILES string of the molecule is CSc1ccc2nc(C3C(=O)c4cc5c(cc4C3=O)C(=O)N(c3ccc(OCC4CCCCC4)cc3C3CCCC3)C5=O)[nH]c(=O)c2c1. The number of thioether (sulfide) groups is 1. The summed E-state index contributed by atoms with van der Waals surface area (Å²) in [7, 11) is 0. The van der Waals surface area contributed by atoms with Crippen LogP contribution in [0.4, 0.5) is 5.69 Å². The van der Waals surface area contributed by atoms with E-state index < -0.39 is 34.9 Å². The number of fused-ring (bicyclic) bond motifs is 3. The van der Waals surface area contributed by atoms with Gasteiger partial charge in [-0.15, -0.1) is 11.8 Å². The molecule has 48 heavy (non-hydrogen) atoms. The van der Waals surface area contributed by atoms with Gasteiger partial charge in [-0.05, 0) is 97.9 Å². The van der Waals surface area contributed by atoms with Crippen molar-refractivity contribution in [3.8, 4) is 5.75 Å². The van der Waals surface area contributed by atoms with E-state index in [1.807, 2.05) is 24.5 Å². The number of ketones is 2. The van der Waals surface area contributed by atoms with E-state index in [2.05, 4.69) is 9.97 Å². The van der Waals surface area contributed by atoms with Crippen LogP contribution < -0.4 is 15.2 Å². The van der Waals surface area contributed by atoms with E-state index >= 15 is 0 Å². The molecule has 0 spiro atoms. The first-order chi connectivity index (χ1) is 23.3. The Morgan fingerprint density at radius 2 is 1.46 bits per heavy atom.